The second kappa shape index (κ2) is 14.2. The van der Waals surface area contributed by atoms with Gasteiger partial charge in [0.05, 0.1) is 32.1 Å². The maximum absolute atomic E-state index is 13.4. The first-order valence-corrected chi connectivity index (χ1v) is 14.8. The lowest BCUT2D eigenvalue weighted by atomic mass is 10.1. The fourth-order valence-corrected chi connectivity index (χ4v) is 5.80. The Bertz CT molecular complexity index is 1400. The number of aldehydes is 1. The highest BCUT2D eigenvalue weighted by Gasteiger charge is 2.26. The predicted molar refractivity (Wildman–Crippen MR) is 169 cm³/mol. The van der Waals surface area contributed by atoms with Crippen LogP contribution in [0.15, 0.2) is 60.7 Å². The van der Waals surface area contributed by atoms with Crippen molar-refractivity contribution >= 4 is 29.3 Å². The van der Waals surface area contributed by atoms with Gasteiger partial charge in [-0.3, -0.25) is 14.5 Å². The Kier molecular flexibility index (Phi) is 9.88. The van der Waals surface area contributed by atoms with E-state index in [0.29, 0.717) is 61.1 Å². The molecule has 0 spiro atoms. The Labute approximate surface area is 253 Å². The standard InChI is InChI=1S/C33H41N5O5/c1-41-30-11-6-5-10-29(30)37-15-13-35(14-16-37)12-7-21-43-32-23-27(34)26(22-31(32)42-2)33(40)38-19-17-36(18-20-38)28-9-4-3-8-25(28)24-39/h3-6,8-11,22-24H,7,12-21,34H2,1-2H3. The molecule has 2 saturated heterocycles. The van der Waals surface area contributed by atoms with E-state index in [4.69, 9.17) is 19.9 Å². The van der Waals surface area contributed by atoms with Gasteiger partial charge in [0.1, 0.15) is 5.75 Å². The Morgan fingerprint density at radius 1 is 0.791 bits per heavy atom. The van der Waals surface area contributed by atoms with E-state index in [1.165, 1.54) is 0 Å². The third-order valence-corrected chi connectivity index (χ3v) is 8.21. The number of methoxy groups -OCH3 is 2. The summed E-state index contributed by atoms with van der Waals surface area (Å²) in [6.07, 6.45) is 1.73. The Morgan fingerprint density at radius 3 is 2.12 bits per heavy atom. The van der Waals surface area contributed by atoms with Crippen LogP contribution in [0.3, 0.4) is 0 Å². The summed E-state index contributed by atoms with van der Waals surface area (Å²) in [6.45, 7) is 7.60. The van der Waals surface area contributed by atoms with Gasteiger partial charge in [-0.25, -0.2) is 0 Å². The van der Waals surface area contributed by atoms with Crippen LogP contribution in [0.4, 0.5) is 17.1 Å². The summed E-state index contributed by atoms with van der Waals surface area (Å²) in [5.41, 5.74) is 9.81. The minimum Gasteiger partial charge on any atom is -0.495 e. The van der Waals surface area contributed by atoms with E-state index in [0.717, 1.165) is 62.6 Å². The molecular formula is C33H41N5O5. The van der Waals surface area contributed by atoms with E-state index < -0.39 is 0 Å². The Balaban J connectivity index is 1.10. The number of amides is 1. The van der Waals surface area contributed by atoms with Crippen LogP contribution in [0.5, 0.6) is 17.2 Å². The molecule has 2 heterocycles. The lowest BCUT2D eigenvalue weighted by Crippen LogP contribution is -2.49. The van der Waals surface area contributed by atoms with Crippen LogP contribution < -0.4 is 29.7 Å². The number of para-hydroxylation sites is 3. The molecule has 2 aliphatic rings. The highest BCUT2D eigenvalue weighted by atomic mass is 16.5. The van der Waals surface area contributed by atoms with E-state index in [2.05, 4.69) is 20.8 Å². The third-order valence-electron chi connectivity index (χ3n) is 8.21. The number of ether oxygens (including phenoxy) is 3. The van der Waals surface area contributed by atoms with Gasteiger partial charge < -0.3 is 34.6 Å². The molecule has 0 bridgehead atoms. The summed E-state index contributed by atoms with van der Waals surface area (Å²) in [7, 11) is 3.28. The minimum absolute atomic E-state index is 0.141. The minimum atomic E-state index is -0.141. The van der Waals surface area contributed by atoms with Gasteiger partial charge in [-0.2, -0.15) is 0 Å². The third kappa shape index (κ3) is 6.97. The molecule has 0 aliphatic carbocycles. The van der Waals surface area contributed by atoms with Crippen molar-refractivity contribution in [2.45, 2.75) is 6.42 Å². The van der Waals surface area contributed by atoms with Crippen molar-refractivity contribution in [2.75, 3.05) is 95.3 Å². The van der Waals surface area contributed by atoms with Crippen LogP contribution in [-0.4, -0.2) is 102 Å². The van der Waals surface area contributed by atoms with Crippen LogP contribution in [-0.2, 0) is 0 Å². The molecule has 0 radical (unpaired) electrons. The van der Waals surface area contributed by atoms with Crippen molar-refractivity contribution in [1.82, 2.24) is 9.80 Å². The molecule has 43 heavy (non-hydrogen) atoms. The van der Waals surface area contributed by atoms with E-state index in [1.807, 2.05) is 42.5 Å². The van der Waals surface area contributed by atoms with Gasteiger partial charge in [0, 0.05) is 81.9 Å². The van der Waals surface area contributed by atoms with Gasteiger partial charge in [0.2, 0.25) is 0 Å². The Hall–Kier alpha value is -4.44. The zero-order valence-corrected chi connectivity index (χ0v) is 25.0. The summed E-state index contributed by atoms with van der Waals surface area (Å²) >= 11 is 0. The second-order valence-electron chi connectivity index (χ2n) is 10.7. The van der Waals surface area contributed by atoms with Gasteiger partial charge in [-0.15, -0.1) is 0 Å². The number of piperazine rings is 2. The van der Waals surface area contributed by atoms with Crippen molar-refractivity contribution in [1.29, 1.82) is 0 Å². The van der Waals surface area contributed by atoms with Crippen LogP contribution >= 0.6 is 0 Å². The number of carbonyl (C=O) groups excluding carboxylic acids is 2. The molecule has 2 fully saturated rings. The number of rotatable bonds is 11. The zero-order valence-electron chi connectivity index (χ0n) is 25.0. The van der Waals surface area contributed by atoms with E-state index >= 15 is 0 Å². The SMILES string of the molecule is COc1cc(C(=O)N2CCN(c3ccccc3C=O)CC2)c(N)cc1OCCCN1CCN(c2ccccc2OC)CC1. The lowest BCUT2D eigenvalue weighted by molar-refractivity contribution is 0.0747. The van der Waals surface area contributed by atoms with Gasteiger partial charge in [-0.05, 0) is 36.8 Å². The largest absolute Gasteiger partial charge is 0.495 e. The molecule has 2 N–H and O–H groups in total. The number of benzene rings is 3. The van der Waals surface area contributed by atoms with Gasteiger partial charge in [-0.1, -0.05) is 24.3 Å². The molecule has 0 atom stereocenters. The van der Waals surface area contributed by atoms with Crippen molar-refractivity contribution in [3.8, 4) is 17.2 Å². The summed E-state index contributed by atoms with van der Waals surface area (Å²) in [5.74, 6) is 1.79. The summed E-state index contributed by atoms with van der Waals surface area (Å²) in [5, 5.41) is 0. The number of hydrogen-bond donors (Lipinski definition) is 1. The summed E-state index contributed by atoms with van der Waals surface area (Å²) < 4.78 is 17.2. The van der Waals surface area contributed by atoms with Crippen molar-refractivity contribution in [3.05, 3.63) is 71.8 Å². The van der Waals surface area contributed by atoms with Gasteiger partial charge in [0.25, 0.3) is 5.91 Å². The monoisotopic (exact) mass is 587 g/mol. The van der Waals surface area contributed by atoms with Gasteiger partial charge in [0.15, 0.2) is 17.8 Å². The molecule has 5 rings (SSSR count). The molecular weight excluding hydrogens is 546 g/mol. The molecule has 2 aliphatic heterocycles. The molecule has 0 saturated carbocycles. The molecule has 228 valence electrons. The van der Waals surface area contributed by atoms with Crippen molar-refractivity contribution in [3.63, 3.8) is 0 Å². The smallest absolute Gasteiger partial charge is 0.256 e. The number of nitrogens with zero attached hydrogens (tertiary/aromatic N) is 4. The fourth-order valence-electron chi connectivity index (χ4n) is 5.80. The first-order valence-electron chi connectivity index (χ1n) is 14.8. The van der Waals surface area contributed by atoms with Crippen molar-refractivity contribution < 1.29 is 23.8 Å². The van der Waals surface area contributed by atoms with Crippen LogP contribution in [0, 0.1) is 0 Å². The quantitative estimate of drug-likeness (QED) is 0.205. The van der Waals surface area contributed by atoms with E-state index in [1.54, 1.807) is 31.3 Å². The van der Waals surface area contributed by atoms with Crippen LogP contribution in [0.2, 0.25) is 0 Å². The van der Waals surface area contributed by atoms with Crippen LogP contribution in [0.1, 0.15) is 27.1 Å². The highest BCUT2D eigenvalue weighted by Crippen LogP contribution is 2.34. The fraction of sp³-hybridized carbons (Fsp3) is 0.394. The molecule has 0 aromatic heterocycles. The number of nitrogen functional groups attached to an aromatic ring is 1. The molecule has 10 nitrogen and oxygen atoms in total. The first kappa shape index (κ1) is 30.0. The summed E-state index contributed by atoms with van der Waals surface area (Å²) in [6, 6.07) is 19.0. The number of nitrogens with two attached hydrogens (primary N) is 1. The second-order valence-corrected chi connectivity index (χ2v) is 10.7. The Morgan fingerprint density at radius 2 is 1.42 bits per heavy atom. The molecule has 3 aromatic rings. The van der Waals surface area contributed by atoms with Crippen molar-refractivity contribution in [2.24, 2.45) is 0 Å². The number of carbonyl (C=O) groups is 2. The van der Waals surface area contributed by atoms with Gasteiger partial charge >= 0.3 is 0 Å². The molecule has 10 heteroatoms. The average Bonchev–Trinajstić information content (AvgIpc) is 3.06. The lowest BCUT2D eigenvalue weighted by Gasteiger charge is -2.37. The zero-order chi connectivity index (χ0) is 30.2. The number of anilines is 3. The predicted octanol–water partition coefficient (Wildman–Crippen LogP) is 3.65. The maximum Gasteiger partial charge on any atom is 0.256 e. The molecule has 3 aromatic carbocycles. The first-order chi connectivity index (χ1) is 21.0. The highest BCUT2D eigenvalue weighted by molar-refractivity contribution is 6.00. The topological polar surface area (TPSA) is 101 Å². The number of hydrogen-bond acceptors (Lipinski definition) is 9. The van der Waals surface area contributed by atoms with E-state index in [9.17, 15) is 9.59 Å². The van der Waals surface area contributed by atoms with Crippen LogP contribution in [0.25, 0.3) is 0 Å². The summed E-state index contributed by atoms with van der Waals surface area (Å²) in [4.78, 5) is 33.6. The average molecular weight is 588 g/mol. The maximum atomic E-state index is 13.4. The van der Waals surface area contributed by atoms with E-state index in [-0.39, 0.29) is 5.91 Å². The molecule has 0 unspecified atom stereocenters. The normalized spacial score (nSPS) is 15.7. The molecule has 1 amide bonds.